The molecule has 72 valence electrons. The van der Waals surface area contributed by atoms with E-state index in [9.17, 15) is 9.18 Å². The van der Waals surface area contributed by atoms with E-state index in [1.165, 1.54) is 6.92 Å². The molecule has 0 aromatic carbocycles. The van der Waals surface area contributed by atoms with Crippen LogP contribution >= 0.6 is 0 Å². The Hall–Kier alpha value is -0.600. The highest BCUT2D eigenvalue weighted by Gasteiger charge is 2.07. The van der Waals surface area contributed by atoms with Gasteiger partial charge in [0.15, 0.2) is 0 Å². The van der Waals surface area contributed by atoms with Crippen molar-refractivity contribution in [2.45, 2.75) is 52.3 Å². The second kappa shape index (κ2) is 7.07. The predicted molar refractivity (Wildman–Crippen MR) is 45.4 cm³/mol. The van der Waals surface area contributed by atoms with Crippen LogP contribution in [0.5, 0.6) is 0 Å². The van der Waals surface area contributed by atoms with Crippen LogP contribution in [0.15, 0.2) is 0 Å². The first-order valence-corrected chi connectivity index (χ1v) is 4.48. The number of hydrogen-bond donors (Lipinski definition) is 0. The van der Waals surface area contributed by atoms with Crippen LogP contribution in [0.2, 0.25) is 0 Å². The van der Waals surface area contributed by atoms with Crippen molar-refractivity contribution in [1.29, 1.82) is 0 Å². The minimum absolute atomic E-state index is 0.333. The number of hydrogen-bond acceptors (Lipinski definition) is 2. The fourth-order valence-electron chi connectivity index (χ4n) is 0.971. The van der Waals surface area contributed by atoms with E-state index < -0.39 is 12.3 Å². The van der Waals surface area contributed by atoms with E-state index in [0.29, 0.717) is 6.42 Å². The van der Waals surface area contributed by atoms with Gasteiger partial charge in [0.05, 0.1) is 0 Å². The third kappa shape index (κ3) is 7.51. The molecule has 0 radical (unpaired) electrons. The lowest BCUT2D eigenvalue weighted by Crippen LogP contribution is -2.10. The number of carbonyl (C=O) groups excluding carboxylic acids is 1. The predicted octanol–water partition coefficient (Wildman–Crippen LogP) is 2.82. The van der Waals surface area contributed by atoms with E-state index in [0.717, 1.165) is 25.7 Å². The highest BCUT2D eigenvalue weighted by atomic mass is 19.1. The first kappa shape index (κ1) is 11.4. The molecule has 0 bridgehead atoms. The zero-order valence-corrected chi connectivity index (χ0v) is 7.81. The summed E-state index contributed by atoms with van der Waals surface area (Å²) >= 11 is 0. The maximum absolute atomic E-state index is 12.6. The molecule has 12 heavy (non-hydrogen) atoms. The van der Waals surface area contributed by atoms with Gasteiger partial charge in [0, 0.05) is 13.3 Å². The fraction of sp³-hybridized carbons (Fsp3) is 0.889. The summed E-state index contributed by atoms with van der Waals surface area (Å²) in [5, 5.41) is 0. The number of unbranched alkanes of at least 4 members (excludes halogenated alkanes) is 3. The van der Waals surface area contributed by atoms with Gasteiger partial charge in [-0.1, -0.05) is 26.2 Å². The van der Waals surface area contributed by atoms with Gasteiger partial charge in [0.25, 0.3) is 0 Å². The Morgan fingerprint density at radius 2 is 2.08 bits per heavy atom. The summed E-state index contributed by atoms with van der Waals surface area (Å²) < 4.78 is 17.0. The maximum Gasteiger partial charge on any atom is 0.305 e. The van der Waals surface area contributed by atoms with Crippen LogP contribution in [0, 0.1) is 0 Å². The monoisotopic (exact) mass is 176 g/mol. The Labute approximate surface area is 73.1 Å². The van der Waals surface area contributed by atoms with Crippen molar-refractivity contribution >= 4 is 5.97 Å². The topological polar surface area (TPSA) is 26.3 Å². The van der Waals surface area contributed by atoms with Crippen molar-refractivity contribution in [3.63, 3.8) is 0 Å². The third-order valence-corrected chi connectivity index (χ3v) is 1.58. The second-order valence-electron chi connectivity index (χ2n) is 2.87. The van der Waals surface area contributed by atoms with E-state index in [2.05, 4.69) is 11.7 Å². The molecular weight excluding hydrogens is 159 g/mol. The third-order valence-electron chi connectivity index (χ3n) is 1.58. The molecule has 0 saturated carbocycles. The van der Waals surface area contributed by atoms with Gasteiger partial charge in [-0.2, -0.15) is 0 Å². The van der Waals surface area contributed by atoms with Crippen LogP contribution in [0.1, 0.15) is 46.0 Å². The average Bonchev–Trinajstić information content (AvgIpc) is 1.97. The zero-order valence-electron chi connectivity index (χ0n) is 7.81. The minimum atomic E-state index is -1.40. The first-order valence-electron chi connectivity index (χ1n) is 4.48. The maximum atomic E-state index is 12.6. The highest BCUT2D eigenvalue weighted by Crippen LogP contribution is 2.09. The molecular formula is C9H17FO2. The molecule has 1 unspecified atom stereocenters. The van der Waals surface area contributed by atoms with E-state index >= 15 is 0 Å². The lowest BCUT2D eigenvalue weighted by molar-refractivity contribution is -0.155. The van der Waals surface area contributed by atoms with Crippen LogP contribution in [-0.4, -0.2) is 12.3 Å². The zero-order chi connectivity index (χ0) is 9.40. The minimum Gasteiger partial charge on any atom is -0.431 e. The summed E-state index contributed by atoms with van der Waals surface area (Å²) in [6, 6.07) is 0. The molecule has 0 N–H and O–H groups in total. The number of halogens is 1. The van der Waals surface area contributed by atoms with Crippen molar-refractivity contribution in [3.05, 3.63) is 0 Å². The van der Waals surface area contributed by atoms with Crippen LogP contribution in [0.3, 0.4) is 0 Å². The number of carbonyl (C=O) groups is 1. The van der Waals surface area contributed by atoms with E-state index in [-0.39, 0.29) is 0 Å². The molecule has 3 heteroatoms. The Kier molecular flexibility index (Phi) is 6.72. The lowest BCUT2D eigenvalue weighted by atomic mass is 10.1. The SMILES string of the molecule is CCCCCCC(F)OC(C)=O. The largest absolute Gasteiger partial charge is 0.431 e. The number of ether oxygens (including phenoxy) is 1. The van der Waals surface area contributed by atoms with Crippen LogP contribution in [0.4, 0.5) is 4.39 Å². The molecule has 0 rings (SSSR count). The number of rotatable bonds is 6. The van der Waals surface area contributed by atoms with Gasteiger partial charge in [-0.05, 0) is 6.42 Å². The molecule has 1 atom stereocenters. The second-order valence-corrected chi connectivity index (χ2v) is 2.87. The summed E-state index contributed by atoms with van der Waals surface area (Å²) in [5.41, 5.74) is 0. The Balaban J connectivity index is 3.19. The average molecular weight is 176 g/mol. The van der Waals surface area contributed by atoms with Gasteiger partial charge in [0.1, 0.15) is 0 Å². The van der Waals surface area contributed by atoms with Crippen LogP contribution in [0.25, 0.3) is 0 Å². The molecule has 0 aliphatic carbocycles. The van der Waals surface area contributed by atoms with Crippen molar-refractivity contribution in [2.24, 2.45) is 0 Å². The Morgan fingerprint density at radius 3 is 2.58 bits per heavy atom. The van der Waals surface area contributed by atoms with Gasteiger partial charge in [-0.3, -0.25) is 4.79 Å². The highest BCUT2D eigenvalue weighted by molar-refractivity contribution is 5.65. The molecule has 0 aromatic rings. The molecule has 2 nitrogen and oxygen atoms in total. The Morgan fingerprint density at radius 1 is 1.42 bits per heavy atom. The standard InChI is InChI=1S/C9H17FO2/c1-3-4-5-6-7-9(10)12-8(2)11/h9H,3-7H2,1-2H3. The van der Waals surface area contributed by atoms with Gasteiger partial charge < -0.3 is 4.74 Å². The van der Waals surface area contributed by atoms with Crippen LogP contribution < -0.4 is 0 Å². The van der Waals surface area contributed by atoms with E-state index in [4.69, 9.17) is 0 Å². The fourth-order valence-corrected chi connectivity index (χ4v) is 0.971. The lowest BCUT2D eigenvalue weighted by Gasteiger charge is -2.06. The smallest absolute Gasteiger partial charge is 0.305 e. The van der Waals surface area contributed by atoms with Gasteiger partial charge >= 0.3 is 5.97 Å². The normalized spacial score (nSPS) is 12.6. The van der Waals surface area contributed by atoms with Crippen molar-refractivity contribution < 1.29 is 13.9 Å². The number of esters is 1. The number of alkyl halides is 1. The molecule has 0 aliphatic heterocycles. The van der Waals surface area contributed by atoms with E-state index in [1.54, 1.807) is 0 Å². The summed E-state index contributed by atoms with van der Waals surface area (Å²) in [5.74, 6) is -0.544. The first-order chi connectivity index (χ1) is 5.66. The molecule has 0 amide bonds. The van der Waals surface area contributed by atoms with E-state index in [1.807, 2.05) is 0 Å². The quantitative estimate of drug-likeness (QED) is 0.459. The molecule has 0 heterocycles. The van der Waals surface area contributed by atoms with Gasteiger partial charge in [-0.25, -0.2) is 4.39 Å². The summed E-state index contributed by atoms with van der Waals surface area (Å²) in [6.45, 7) is 3.32. The molecule has 0 aliphatic rings. The van der Waals surface area contributed by atoms with Gasteiger partial charge in [-0.15, -0.1) is 0 Å². The summed E-state index contributed by atoms with van der Waals surface area (Å²) in [7, 11) is 0. The molecule has 0 saturated heterocycles. The summed E-state index contributed by atoms with van der Waals surface area (Å²) in [6.07, 6.45) is 2.98. The van der Waals surface area contributed by atoms with Crippen molar-refractivity contribution in [2.75, 3.05) is 0 Å². The summed E-state index contributed by atoms with van der Waals surface area (Å²) in [4.78, 5) is 10.3. The van der Waals surface area contributed by atoms with Crippen molar-refractivity contribution in [3.8, 4) is 0 Å². The molecule has 0 spiro atoms. The van der Waals surface area contributed by atoms with Crippen LogP contribution in [-0.2, 0) is 9.53 Å². The van der Waals surface area contributed by atoms with Crippen molar-refractivity contribution in [1.82, 2.24) is 0 Å². The molecule has 0 fully saturated rings. The van der Waals surface area contributed by atoms with Gasteiger partial charge in [0.2, 0.25) is 6.36 Å². The Bertz CT molecular complexity index is 126. The molecule has 0 aromatic heterocycles.